The molecule has 0 saturated carbocycles. The highest BCUT2D eigenvalue weighted by atomic mass is 32.2. The molecular weight excluding hydrogens is 366 g/mol. The number of likely N-dealkylation sites (tertiary alicyclic amines) is 3. The molecule has 0 N–H and O–H groups in total. The molecule has 3 heterocycles. The second kappa shape index (κ2) is 8.47. The Balaban J connectivity index is 1.56. The largest absolute Gasteiger partial charge is 0.342 e. The van der Waals surface area contributed by atoms with Crippen LogP contribution in [0.25, 0.3) is 0 Å². The zero-order valence-corrected chi connectivity index (χ0v) is 17.3. The quantitative estimate of drug-likeness (QED) is 0.682. The molecule has 3 rings (SSSR count). The Hall–Kier alpha value is -1.15. The van der Waals surface area contributed by atoms with Gasteiger partial charge in [-0.25, -0.2) is 8.42 Å². The standard InChI is InChI=1S/C19H33N3O4S/c1-27(25,26)13-6-17(23)22-12-5-8-19(16-22)7-4-9-20(15-19)14-18(24)21-10-2-3-11-21/h2-16H2,1H3. The second-order valence-electron chi connectivity index (χ2n) is 8.70. The molecule has 7 nitrogen and oxygen atoms in total. The molecule has 2 amide bonds. The fourth-order valence-corrected chi connectivity index (χ4v) is 5.43. The van der Waals surface area contributed by atoms with Crippen LogP contribution in [0, 0.1) is 5.41 Å². The Morgan fingerprint density at radius 3 is 2.15 bits per heavy atom. The first kappa shape index (κ1) is 20.6. The van der Waals surface area contributed by atoms with Gasteiger partial charge in [-0.1, -0.05) is 0 Å². The SMILES string of the molecule is CS(=O)(=O)CCC(=O)N1CCCC2(CCCN(CC(=O)N3CCCC3)C2)C1. The highest BCUT2D eigenvalue weighted by molar-refractivity contribution is 7.90. The number of piperidine rings is 2. The molecule has 154 valence electrons. The van der Waals surface area contributed by atoms with Crippen molar-refractivity contribution in [3.8, 4) is 0 Å². The summed E-state index contributed by atoms with van der Waals surface area (Å²) < 4.78 is 22.7. The van der Waals surface area contributed by atoms with Gasteiger partial charge in [0.05, 0.1) is 12.3 Å². The first-order valence-corrected chi connectivity index (χ1v) is 12.3. The summed E-state index contributed by atoms with van der Waals surface area (Å²) in [7, 11) is -3.12. The zero-order chi connectivity index (χ0) is 19.5. The Morgan fingerprint density at radius 1 is 0.852 bits per heavy atom. The van der Waals surface area contributed by atoms with E-state index in [-0.39, 0.29) is 29.4 Å². The summed E-state index contributed by atoms with van der Waals surface area (Å²) in [5.74, 6) is 0.109. The van der Waals surface area contributed by atoms with Crippen LogP contribution in [0.3, 0.4) is 0 Å². The minimum absolute atomic E-state index is 0.0511. The topological polar surface area (TPSA) is 78.0 Å². The summed E-state index contributed by atoms with van der Waals surface area (Å²) in [6.07, 6.45) is 7.65. The number of carbonyl (C=O) groups excluding carboxylic acids is 2. The van der Waals surface area contributed by atoms with E-state index in [2.05, 4.69) is 4.90 Å². The summed E-state index contributed by atoms with van der Waals surface area (Å²) in [5, 5.41) is 0. The van der Waals surface area contributed by atoms with E-state index in [0.717, 1.165) is 71.2 Å². The van der Waals surface area contributed by atoms with Gasteiger partial charge in [0.25, 0.3) is 0 Å². The molecule has 0 aromatic heterocycles. The van der Waals surface area contributed by atoms with Gasteiger partial charge in [0.1, 0.15) is 9.84 Å². The molecular formula is C19H33N3O4S. The first-order chi connectivity index (χ1) is 12.8. The van der Waals surface area contributed by atoms with E-state index in [1.54, 1.807) is 0 Å². The molecule has 0 aromatic rings. The monoisotopic (exact) mass is 399 g/mol. The summed E-state index contributed by atoms with van der Waals surface area (Å²) in [6, 6.07) is 0. The van der Waals surface area contributed by atoms with Crippen LogP contribution in [0.4, 0.5) is 0 Å². The minimum Gasteiger partial charge on any atom is -0.342 e. The molecule has 0 radical (unpaired) electrons. The van der Waals surface area contributed by atoms with Crippen LogP contribution in [0.15, 0.2) is 0 Å². The molecule has 0 aliphatic carbocycles. The second-order valence-corrected chi connectivity index (χ2v) is 11.0. The fourth-order valence-electron chi connectivity index (χ4n) is 4.89. The van der Waals surface area contributed by atoms with Crippen molar-refractivity contribution in [2.75, 3.05) is 57.8 Å². The first-order valence-electron chi connectivity index (χ1n) is 10.2. The number of rotatable bonds is 5. The molecule has 3 aliphatic rings. The number of amides is 2. The van der Waals surface area contributed by atoms with E-state index in [9.17, 15) is 18.0 Å². The van der Waals surface area contributed by atoms with Crippen LogP contribution in [-0.2, 0) is 19.4 Å². The van der Waals surface area contributed by atoms with Crippen molar-refractivity contribution in [1.29, 1.82) is 0 Å². The number of hydrogen-bond acceptors (Lipinski definition) is 5. The summed E-state index contributed by atoms with van der Waals surface area (Å²) >= 11 is 0. The van der Waals surface area contributed by atoms with Gasteiger partial charge in [-0.05, 0) is 45.1 Å². The highest BCUT2D eigenvalue weighted by Crippen LogP contribution is 2.38. The van der Waals surface area contributed by atoms with Crippen LogP contribution < -0.4 is 0 Å². The van der Waals surface area contributed by atoms with E-state index >= 15 is 0 Å². The van der Waals surface area contributed by atoms with Gasteiger partial charge in [-0.15, -0.1) is 0 Å². The molecule has 27 heavy (non-hydrogen) atoms. The van der Waals surface area contributed by atoms with E-state index in [4.69, 9.17) is 0 Å². The lowest BCUT2D eigenvalue weighted by molar-refractivity contribution is -0.137. The third kappa shape index (κ3) is 5.67. The lowest BCUT2D eigenvalue weighted by Crippen LogP contribution is -2.55. The van der Waals surface area contributed by atoms with Crippen molar-refractivity contribution >= 4 is 21.7 Å². The van der Waals surface area contributed by atoms with E-state index < -0.39 is 9.84 Å². The number of nitrogens with zero attached hydrogens (tertiary/aromatic N) is 3. The molecule has 3 saturated heterocycles. The Morgan fingerprint density at radius 2 is 1.48 bits per heavy atom. The molecule has 1 spiro atoms. The van der Waals surface area contributed by atoms with Crippen LogP contribution in [0.5, 0.6) is 0 Å². The van der Waals surface area contributed by atoms with Crippen molar-refractivity contribution in [1.82, 2.24) is 14.7 Å². The third-order valence-electron chi connectivity index (χ3n) is 6.26. The molecule has 0 bridgehead atoms. The maximum atomic E-state index is 12.5. The zero-order valence-electron chi connectivity index (χ0n) is 16.5. The Labute approximate surface area is 163 Å². The van der Waals surface area contributed by atoms with Crippen molar-refractivity contribution < 1.29 is 18.0 Å². The van der Waals surface area contributed by atoms with Crippen LogP contribution in [0.2, 0.25) is 0 Å². The lowest BCUT2D eigenvalue weighted by Gasteiger charge is -2.48. The predicted octanol–water partition coefficient (Wildman–Crippen LogP) is 0.748. The molecule has 1 atom stereocenters. The van der Waals surface area contributed by atoms with Gasteiger partial charge in [0.15, 0.2) is 0 Å². The molecule has 8 heteroatoms. The average Bonchev–Trinajstić information content (AvgIpc) is 3.14. The maximum Gasteiger partial charge on any atom is 0.236 e. The van der Waals surface area contributed by atoms with Crippen molar-refractivity contribution in [3.63, 3.8) is 0 Å². The average molecular weight is 400 g/mol. The van der Waals surface area contributed by atoms with Crippen LogP contribution in [0.1, 0.15) is 44.9 Å². The van der Waals surface area contributed by atoms with E-state index in [1.807, 2.05) is 9.80 Å². The smallest absolute Gasteiger partial charge is 0.236 e. The molecule has 3 aliphatic heterocycles. The Bertz CT molecular complexity index is 656. The van der Waals surface area contributed by atoms with Crippen molar-refractivity contribution in [3.05, 3.63) is 0 Å². The van der Waals surface area contributed by atoms with Crippen LogP contribution in [-0.4, -0.2) is 92.8 Å². The fraction of sp³-hybridized carbons (Fsp3) is 0.895. The van der Waals surface area contributed by atoms with E-state index in [0.29, 0.717) is 13.1 Å². The molecule has 0 aromatic carbocycles. The van der Waals surface area contributed by atoms with Gasteiger partial charge in [0, 0.05) is 50.8 Å². The Kier molecular flexibility index (Phi) is 6.46. The summed E-state index contributed by atoms with van der Waals surface area (Å²) in [5.41, 5.74) is 0.0581. The van der Waals surface area contributed by atoms with Gasteiger partial charge in [-0.2, -0.15) is 0 Å². The van der Waals surface area contributed by atoms with E-state index in [1.165, 1.54) is 6.26 Å². The predicted molar refractivity (Wildman–Crippen MR) is 104 cm³/mol. The molecule has 1 unspecified atom stereocenters. The highest BCUT2D eigenvalue weighted by Gasteiger charge is 2.41. The summed E-state index contributed by atoms with van der Waals surface area (Å²) in [6.45, 7) is 5.50. The minimum atomic E-state index is -3.12. The van der Waals surface area contributed by atoms with Crippen LogP contribution >= 0.6 is 0 Å². The van der Waals surface area contributed by atoms with Gasteiger partial charge >= 0.3 is 0 Å². The normalized spacial score (nSPS) is 27.3. The summed E-state index contributed by atoms with van der Waals surface area (Å²) in [4.78, 5) is 31.1. The van der Waals surface area contributed by atoms with Crippen molar-refractivity contribution in [2.45, 2.75) is 44.9 Å². The van der Waals surface area contributed by atoms with Crippen molar-refractivity contribution in [2.24, 2.45) is 5.41 Å². The van der Waals surface area contributed by atoms with Gasteiger partial charge in [0.2, 0.25) is 11.8 Å². The molecule has 3 fully saturated rings. The number of hydrogen-bond donors (Lipinski definition) is 0. The van der Waals surface area contributed by atoms with Gasteiger partial charge in [-0.3, -0.25) is 14.5 Å². The lowest BCUT2D eigenvalue weighted by atomic mass is 9.73. The maximum absolute atomic E-state index is 12.5. The third-order valence-corrected chi connectivity index (χ3v) is 7.20. The number of sulfone groups is 1. The number of carbonyl (C=O) groups is 2. The van der Waals surface area contributed by atoms with Gasteiger partial charge < -0.3 is 9.80 Å².